The van der Waals surface area contributed by atoms with E-state index in [4.69, 9.17) is 15.3 Å². The van der Waals surface area contributed by atoms with Crippen LogP contribution in [0.5, 0.6) is 0 Å². The molecule has 0 amide bonds. The Kier molecular flexibility index (Phi) is 2.56. The van der Waals surface area contributed by atoms with Gasteiger partial charge >= 0.3 is 8.80 Å². The fraction of sp³-hybridized carbons (Fsp3) is 0. The average Bonchev–Trinajstić information content (AvgIpc) is 1.59. The first-order valence-electron chi connectivity index (χ1n) is 2.15. The monoisotopic (exact) mass is 164 g/mol. The predicted octanol–water partition coefficient (Wildman–Crippen LogP) is -0.00740. The highest BCUT2D eigenvalue weighted by atomic mass is 28.3. The second kappa shape index (κ2) is 2.97. The highest BCUT2D eigenvalue weighted by Crippen LogP contribution is 1.88. The third-order valence-corrected chi connectivity index (χ3v) is 2.22. The van der Waals surface area contributed by atoms with Crippen molar-refractivity contribution in [2.45, 2.75) is 0 Å². The molecule has 0 atom stereocenters. The molecule has 0 saturated carbocycles. The molecule has 10 heavy (non-hydrogen) atoms. The predicted molar refractivity (Wildman–Crippen MR) is 31.2 cm³/mol. The molecule has 7 heteroatoms. The molecule has 56 valence electrons. The zero-order chi connectivity index (χ0) is 8.31. The van der Waals surface area contributed by atoms with Gasteiger partial charge in [-0.15, -0.1) is 0 Å². The minimum Gasteiger partial charge on any atom is -0.485 e. The van der Waals surface area contributed by atoms with Crippen LogP contribution in [0.25, 0.3) is 0 Å². The molecule has 0 saturated heterocycles. The van der Waals surface area contributed by atoms with Crippen LogP contribution in [-0.2, 0) is 0 Å². The lowest BCUT2D eigenvalue weighted by Crippen LogP contribution is -2.40. The molecule has 0 aromatic heterocycles. The van der Waals surface area contributed by atoms with E-state index in [9.17, 15) is 14.4 Å². The van der Waals surface area contributed by atoms with Gasteiger partial charge in [0.15, 0.2) is 0 Å². The van der Waals surface area contributed by atoms with Crippen LogP contribution >= 0.6 is 0 Å². The summed E-state index contributed by atoms with van der Waals surface area (Å²) in [6, 6.07) is 0. The van der Waals surface area contributed by atoms with E-state index < -0.39 is 25.6 Å². The molecule has 6 nitrogen and oxygen atoms in total. The molecule has 0 aliphatic rings. The summed E-state index contributed by atoms with van der Waals surface area (Å²) in [5, 5.41) is 24.0. The number of carboxylic acid groups (broad SMARTS) is 3. The Balaban J connectivity index is 4.43. The molecule has 0 aliphatic carbocycles. The minimum atomic E-state index is -3.70. The topological polar surface area (TPSA) is 112 Å². The van der Waals surface area contributed by atoms with Crippen molar-refractivity contribution >= 4 is 25.6 Å². The smallest absolute Gasteiger partial charge is 0.417 e. The molecule has 0 radical (unpaired) electrons. The molecule has 0 fully saturated rings. The fourth-order valence-corrected chi connectivity index (χ4v) is 0.951. The standard InChI is InChI=1S/C3H4O6Si/c4-1(5)10(2(6)7)3(8)9/h10H,(H,4,5)(H,6,7)(H,8,9). The maximum Gasteiger partial charge on any atom is 0.417 e. The van der Waals surface area contributed by atoms with Crippen molar-refractivity contribution in [2.24, 2.45) is 0 Å². The van der Waals surface area contributed by atoms with Crippen LogP contribution in [-0.4, -0.2) is 40.9 Å². The summed E-state index contributed by atoms with van der Waals surface area (Å²) >= 11 is 0. The second-order valence-electron chi connectivity index (χ2n) is 1.45. The van der Waals surface area contributed by atoms with Crippen LogP contribution in [0.2, 0.25) is 0 Å². The van der Waals surface area contributed by atoms with Gasteiger partial charge in [0.05, 0.1) is 0 Å². The molecule has 0 aromatic rings. The zero-order valence-corrected chi connectivity index (χ0v) is 5.80. The quantitative estimate of drug-likeness (QED) is 0.506. The molecular formula is C3H4O6Si. The van der Waals surface area contributed by atoms with E-state index in [1.807, 2.05) is 0 Å². The number of carbonyl (C=O) groups is 3. The van der Waals surface area contributed by atoms with E-state index in [-0.39, 0.29) is 0 Å². The van der Waals surface area contributed by atoms with Gasteiger partial charge in [0, 0.05) is 0 Å². The Morgan fingerprint density at radius 1 is 0.800 bits per heavy atom. The van der Waals surface area contributed by atoms with Gasteiger partial charge in [-0.2, -0.15) is 0 Å². The van der Waals surface area contributed by atoms with Gasteiger partial charge in [0.1, 0.15) is 0 Å². The Morgan fingerprint density at radius 3 is 1.00 bits per heavy atom. The van der Waals surface area contributed by atoms with Crippen molar-refractivity contribution in [3.8, 4) is 0 Å². The van der Waals surface area contributed by atoms with Gasteiger partial charge in [0.2, 0.25) is 0 Å². The summed E-state index contributed by atoms with van der Waals surface area (Å²) in [6.07, 6.45) is 0. The molecule has 0 aromatic carbocycles. The fourth-order valence-electron chi connectivity index (χ4n) is 0.317. The Bertz CT molecular complexity index is 152. The SMILES string of the molecule is O=C(O)[SiH](C(=O)O)C(=O)O. The van der Waals surface area contributed by atoms with Gasteiger partial charge in [0.25, 0.3) is 16.8 Å². The summed E-state index contributed by atoms with van der Waals surface area (Å²) in [6.45, 7) is 0. The molecule has 0 heterocycles. The van der Waals surface area contributed by atoms with Gasteiger partial charge in [-0.25, -0.2) is 0 Å². The average molecular weight is 164 g/mol. The molecular weight excluding hydrogens is 160 g/mol. The van der Waals surface area contributed by atoms with Gasteiger partial charge in [-0.3, -0.25) is 14.4 Å². The van der Waals surface area contributed by atoms with Gasteiger partial charge in [-0.05, 0) is 0 Å². The van der Waals surface area contributed by atoms with Gasteiger partial charge < -0.3 is 15.3 Å². The highest BCUT2D eigenvalue weighted by molar-refractivity contribution is 7.25. The summed E-state index contributed by atoms with van der Waals surface area (Å²) in [4.78, 5) is 29.6. The number of rotatable bonds is 3. The summed E-state index contributed by atoms with van der Waals surface area (Å²) < 4.78 is 0. The van der Waals surface area contributed by atoms with Crippen LogP contribution in [0, 0.1) is 0 Å². The zero-order valence-electron chi connectivity index (χ0n) is 4.64. The van der Waals surface area contributed by atoms with E-state index in [0.717, 1.165) is 0 Å². The molecule has 3 N–H and O–H groups in total. The van der Waals surface area contributed by atoms with Crippen molar-refractivity contribution in [1.82, 2.24) is 0 Å². The normalized spacial score (nSPS) is 9.30. The van der Waals surface area contributed by atoms with E-state index in [0.29, 0.717) is 0 Å². The number of hydrogen-bond donors (Lipinski definition) is 3. The van der Waals surface area contributed by atoms with Crippen LogP contribution < -0.4 is 0 Å². The lowest BCUT2D eigenvalue weighted by molar-refractivity contribution is 0.204. The van der Waals surface area contributed by atoms with Crippen molar-refractivity contribution in [2.75, 3.05) is 0 Å². The van der Waals surface area contributed by atoms with Crippen molar-refractivity contribution in [1.29, 1.82) is 0 Å². The summed E-state index contributed by atoms with van der Waals surface area (Å²) in [7, 11) is -3.70. The van der Waals surface area contributed by atoms with Crippen molar-refractivity contribution in [3.05, 3.63) is 0 Å². The molecule has 0 bridgehead atoms. The van der Waals surface area contributed by atoms with Crippen LogP contribution in [0.15, 0.2) is 0 Å². The highest BCUT2D eigenvalue weighted by Gasteiger charge is 2.37. The third kappa shape index (κ3) is 1.86. The van der Waals surface area contributed by atoms with Crippen molar-refractivity contribution in [3.63, 3.8) is 0 Å². The summed E-state index contributed by atoms with van der Waals surface area (Å²) in [5.41, 5.74) is -5.21. The summed E-state index contributed by atoms with van der Waals surface area (Å²) in [5.74, 6) is 0. The first-order chi connectivity index (χ1) is 4.46. The maximum absolute atomic E-state index is 9.88. The van der Waals surface area contributed by atoms with E-state index in [2.05, 4.69) is 0 Å². The van der Waals surface area contributed by atoms with Crippen LogP contribution in [0.1, 0.15) is 0 Å². The molecule has 0 rings (SSSR count). The van der Waals surface area contributed by atoms with Gasteiger partial charge in [-0.1, -0.05) is 0 Å². The van der Waals surface area contributed by atoms with Crippen LogP contribution in [0.4, 0.5) is 14.4 Å². The Morgan fingerprint density at radius 2 is 1.00 bits per heavy atom. The Labute approximate surface area is 56.3 Å². The van der Waals surface area contributed by atoms with E-state index in [1.165, 1.54) is 0 Å². The largest absolute Gasteiger partial charge is 0.485 e. The third-order valence-electron chi connectivity index (χ3n) is 0.741. The lowest BCUT2D eigenvalue weighted by atomic mass is 11.5. The number of hydrogen-bond acceptors (Lipinski definition) is 3. The lowest BCUT2D eigenvalue weighted by Gasteiger charge is -1.95. The first kappa shape index (κ1) is 8.63. The van der Waals surface area contributed by atoms with Crippen LogP contribution in [0.3, 0.4) is 0 Å². The first-order valence-corrected chi connectivity index (χ1v) is 3.88. The van der Waals surface area contributed by atoms with E-state index in [1.54, 1.807) is 0 Å². The second-order valence-corrected chi connectivity index (χ2v) is 3.80. The van der Waals surface area contributed by atoms with E-state index >= 15 is 0 Å². The minimum absolute atomic E-state index is 1.74. The molecule has 0 aliphatic heterocycles. The maximum atomic E-state index is 9.88. The Hall–Kier alpha value is -1.37. The van der Waals surface area contributed by atoms with Crippen molar-refractivity contribution < 1.29 is 29.7 Å². The molecule has 0 unspecified atom stereocenters. The molecule has 0 spiro atoms.